The van der Waals surface area contributed by atoms with Crippen molar-refractivity contribution in [1.29, 1.82) is 0 Å². The number of aryl methyl sites for hydroxylation is 2. The van der Waals surface area contributed by atoms with Crippen molar-refractivity contribution in [2.45, 2.75) is 39.5 Å². The minimum atomic E-state index is -0.107. The summed E-state index contributed by atoms with van der Waals surface area (Å²) in [5, 5.41) is 4.52. The third-order valence-electron chi connectivity index (χ3n) is 3.06. The van der Waals surface area contributed by atoms with Gasteiger partial charge in [0.15, 0.2) is 0 Å². The first kappa shape index (κ1) is 15.2. The second kappa shape index (κ2) is 5.31. The largest absolute Gasteiger partial charge is 0.305 e. The molecular weight excluding hydrogens is 367 g/mol. The van der Waals surface area contributed by atoms with E-state index in [-0.39, 0.29) is 11.0 Å². The van der Waals surface area contributed by atoms with Crippen molar-refractivity contribution < 1.29 is 0 Å². The molecular formula is C14H19IN4O. The Morgan fingerprint density at radius 2 is 2.05 bits per heavy atom. The lowest BCUT2D eigenvalue weighted by molar-refractivity contribution is 0.554. The fourth-order valence-electron chi connectivity index (χ4n) is 2.08. The highest BCUT2D eigenvalue weighted by Gasteiger charge is 2.24. The standard InChI is InChI=1S/C14H19IN4O/c1-6-9-10(15)13(20)17-12(16-9)8-7-19(5)18-11(8)14(2,3)4/h7H,6H2,1-5H3,(H,16,17,20). The van der Waals surface area contributed by atoms with Gasteiger partial charge >= 0.3 is 0 Å². The van der Waals surface area contributed by atoms with Gasteiger partial charge in [-0.15, -0.1) is 0 Å². The van der Waals surface area contributed by atoms with Gasteiger partial charge < -0.3 is 4.98 Å². The van der Waals surface area contributed by atoms with Crippen molar-refractivity contribution in [3.63, 3.8) is 0 Å². The van der Waals surface area contributed by atoms with E-state index in [9.17, 15) is 4.79 Å². The van der Waals surface area contributed by atoms with Crippen LogP contribution in [0.2, 0.25) is 0 Å². The molecule has 0 saturated heterocycles. The Morgan fingerprint density at radius 3 is 2.60 bits per heavy atom. The number of H-pyrrole nitrogens is 1. The highest BCUT2D eigenvalue weighted by atomic mass is 127. The molecule has 0 saturated carbocycles. The molecule has 0 spiro atoms. The molecule has 0 unspecified atom stereocenters. The number of hydrogen-bond donors (Lipinski definition) is 1. The van der Waals surface area contributed by atoms with Crippen molar-refractivity contribution in [2.75, 3.05) is 0 Å². The second-order valence-electron chi connectivity index (χ2n) is 5.84. The first-order valence-electron chi connectivity index (χ1n) is 6.57. The van der Waals surface area contributed by atoms with E-state index in [1.54, 1.807) is 4.68 Å². The van der Waals surface area contributed by atoms with Crippen LogP contribution in [0.1, 0.15) is 39.1 Å². The number of halogens is 1. The van der Waals surface area contributed by atoms with E-state index < -0.39 is 0 Å². The van der Waals surface area contributed by atoms with E-state index in [0.717, 1.165) is 23.4 Å². The molecule has 0 aromatic carbocycles. The number of rotatable bonds is 2. The van der Waals surface area contributed by atoms with Gasteiger partial charge in [0.1, 0.15) is 5.82 Å². The summed E-state index contributed by atoms with van der Waals surface area (Å²) in [5.74, 6) is 0.602. The first-order valence-corrected chi connectivity index (χ1v) is 7.65. The van der Waals surface area contributed by atoms with Gasteiger partial charge in [-0.2, -0.15) is 5.10 Å². The summed E-state index contributed by atoms with van der Waals surface area (Å²) in [5.41, 5.74) is 2.46. The van der Waals surface area contributed by atoms with E-state index in [4.69, 9.17) is 0 Å². The highest BCUT2D eigenvalue weighted by Crippen LogP contribution is 2.29. The predicted molar refractivity (Wildman–Crippen MR) is 87.9 cm³/mol. The van der Waals surface area contributed by atoms with Crippen LogP contribution in [0.3, 0.4) is 0 Å². The zero-order valence-electron chi connectivity index (χ0n) is 12.4. The molecule has 2 heterocycles. The molecule has 0 bridgehead atoms. The molecule has 0 aliphatic heterocycles. The van der Waals surface area contributed by atoms with E-state index in [1.807, 2.05) is 42.8 Å². The Labute approximate surface area is 132 Å². The third kappa shape index (κ3) is 2.79. The fraction of sp³-hybridized carbons (Fsp3) is 0.500. The number of aromatic amines is 1. The fourth-order valence-corrected chi connectivity index (χ4v) is 2.72. The Morgan fingerprint density at radius 1 is 1.40 bits per heavy atom. The molecule has 6 heteroatoms. The molecule has 0 aliphatic carbocycles. The lowest BCUT2D eigenvalue weighted by Crippen LogP contribution is -2.18. The number of aromatic nitrogens is 4. The van der Waals surface area contributed by atoms with Crippen LogP contribution in [0.15, 0.2) is 11.0 Å². The van der Waals surface area contributed by atoms with Gasteiger partial charge in [0.2, 0.25) is 0 Å². The van der Waals surface area contributed by atoms with E-state index in [0.29, 0.717) is 9.39 Å². The summed E-state index contributed by atoms with van der Waals surface area (Å²) in [6.45, 7) is 8.31. The van der Waals surface area contributed by atoms with Crippen LogP contribution in [0.5, 0.6) is 0 Å². The summed E-state index contributed by atoms with van der Waals surface area (Å²) in [4.78, 5) is 19.5. The van der Waals surface area contributed by atoms with Gasteiger partial charge in [0.25, 0.3) is 5.56 Å². The molecule has 5 nitrogen and oxygen atoms in total. The maximum atomic E-state index is 12.0. The maximum Gasteiger partial charge on any atom is 0.264 e. The average molecular weight is 386 g/mol. The number of hydrogen-bond acceptors (Lipinski definition) is 3. The molecule has 2 aromatic heterocycles. The predicted octanol–water partition coefficient (Wildman–Crippen LogP) is 2.63. The average Bonchev–Trinajstić information content (AvgIpc) is 2.74. The van der Waals surface area contributed by atoms with Crippen molar-refractivity contribution in [3.05, 3.63) is 31.5 Å². The minimum Gasteiger partial charge on any atom is -0.305 e. The van der Waals surface area contributed by atoms with Crippen molar-refractivity contribution >= 4 is 22.6 Å². The van der Waals surface area contributed by atoms with Crippen LogP contribution >= 0.6 is 22.6 Å². The molecule has 20 heavy (non-hydrogen) atoms. The van der Waals surface area contributed by atoms with Crippen LogP contribution in [-0.4, -0.2) is 19.7 Å². The maximum absolute atomic E-state index is 12.0. The molecule has 0 amide bonds. The molecule has 0 fully saturated rings. The van der Waals surface area contributed by atoms with Gasteiger partial charge in [-0.25, -0.2) is 4.98 Å². The first-order chi connectivity index (χ1) is 9.24. The lowest BCUT2D eigenvalue weighted by Gasteiger charge is -2.17. The monoisotopic (exact) mass is 386 g/mol. The smallest absolute Gasteiger partial charge is 0.264 e. The van der Waals surface area contributed by atoms with E-state index >= 15 is 0 Å². The van der Waals surface area contributed by atoms with Gasteiger partial charge in [0.05, 0.1) is 20.5 Å². The minimum absolute atomic E-state index is 0.0869. The SMILES string of the molecule is CCc1nc(-c2cn(C)nc2C(C)(C)C)[nH]c(=O)c1I. The molecule has 2 aromatic rings. The van der Waals surface area contributed by atoms with E-state index in [2.05, 4.69) is 35.8 Å². The summed E-state index contributed by atoms with van der Waals surface area (Å²) in [6.07, 6.45) is 2.64. The Hall–Kier alpha value is -1.18. The lowest BCUT2D eigenvalue weighted by atomic mass is 9.89. The molecule has 0 aliphatic rings. The topological polar surface area (TPSA) is 63.6 Å². The Bertz CT molecular complexity index is 694. The van der Waals surface area contributed by atoms with Crippen molar-refractivity contribution in [1.82, 2.24) is 19.7 Å². The molecule has 1 N–H and O–H groups in total. The van der Waals surface area contributed by atoms with Crippen molar-refractivity contribution in [3.8, 4) is 11.4 Å². The van der Waals surface area contributed by atoms with E-state index in [1.165, 1.54) is 0 Å². The van der Waals surface area contributed by atoms with Crippen LogP contribution < -0.4 is 5.56 Å². The van der Waals surface area contributed by atoms with Gasteiger partial charge in [0, 0.05) is 18.7 Å². The van der Waals surface area contributed by atoms with Gasteiger partial charge in [-0.1, -0.05) is 27.7 Å². The third-order valence-corrected chi connectivity index (χ3v) is 4.17. The summed E-state index contributed by atoms with van der Waals surface area (Å²) >= 11 is 2.04. The van der Waals surface area contributed by atoms with Crippen LogP contribution in [0, 0.1) is 3.57 Å². The van der Waals surface area contributed by atoms with Gasteiger partial charge in [-0.05, 0) is 29.0 Å². The molecule has 0 atom stereocenters. The zero-order valence-corrected chi connectivity index (χ0v) is 14.6. The molecule has 108 valence electrons. The summed E-state index contributed by atoms with van der Waals surface area (Å²) < 4.78 is 2.43. The summed E-state index contributed by atoms with van der Waals surface area (Å²) in [6, 6.07) is 0. The highest BCUT2D eigenvalue weighted by molar-refractivity contribution is 14.1. The molecule has 2 rings (SSSR count). The summed E-state index contributed by atoms with van der Waals surface area (Å²) in [7, 11) is 1.88. The number of nitrogens with zero attached hydrogens (tertiary/aromatic N) is 3. The number of nitrogens with one attached hydrogen (secondary N) is 1. The second-order valence-corrected chi connectivity index (χ2v) is 6.92. The zero-order chi connectivity index (χ0) is 15.1. The van der Waals surface area contributed by atoms with Crippen LogP contribution in [0.25, 0.3) is 11.4 Å². The molecule has 0 radical (unpaired) electrons. The normalized spacial score (nSPS) is 11.9. The quantitative estimate of drug-likeness (QED) is 0.808. The van der Waals surface area contributed by atoms with Crippen molar-refractivity contribution in [2.24, 2.45) is 7.05 Å². The Kier molecular flexibility index (Phi) is 4.04. The Balaban J connectivity index is 2.69. The van der Waals surface area contributed by atoms with Gasteiger partial charge in [-0.3, -0.25) is 9.48 Å². The van der Waals surface area contributed by atoms with Crippen LogP contribution in [-0.2, 0) is 18.9 Å². The van der Waals surface area contributed by atoms with Crippen LogP contribution in [0.4, 0.5) is 0 Å².